The molecule has 0 fully saturated rings. The first-order chi connectivity index (χ1) is 7.16. The summed E-state index contributed by atoms with van der Waals surface area (Å²) in [4.78, 5) is 6.87. The van der Waals surface area contributed by atoms with Crippen LogP contribution in [-0.2, 0) is 10.4 Å². The second kappa shape index (κ2) is 3.53. The minimum Gasteiger partial charge on any atom is -0.314 e. The van der Waals surface area contributed by atoms with Crippen LogP contribution < -0.4 is 8.37 Å². The van der Waals surface area contributed by atoms with Crippen LogP contribution in [0.25, 0.3) is 0 Å². The number of hydrogen-bond donors (Lipinski definition) is 2. The van der Waals surface area contributed by atoms with Gasteiger partial charge in [-0.1, -0.05) is 0 Å². The van der Waals surface area contributed by atoms with Gasteiger partial charge in [0.05, 0.1) is 0 Å². The zero-order valence-electron chi connectivity index (χ0n) is 6.98. The fraction of sp³-hybridized carbons (Fsp3) is 0. The molecule has 0 aliphatic carbocycles. The van der Waals surface area contributed by atoms with Gasteiger partial charge in [0.1, 0.15) is 12.7 Å². The third kappa shape index (κ3) is 2.40. The average molecular weight is 232 g/mol. The smallest absolute Gasteiger partial charge is 0.314 e. The van der Waals surface area contributed by atoms with Gasteiger partial charge < -0.3 is 8.37 Å². The number of rotatable bonds is 4. The minimum atomic E-state index is -4.29. The van der Waals surface area contributed by atoms with Crippen LogP contribution in [0, 0.1) is 0 Å². The zero-order valence-corrected chi connectivity index (χ0v) is 7.80. The molecule has 2 aromatic rings. The molecule has 0 radical (unpaired) electrons. The van der Waals surface area contributed by atoms with E-state index >= 15 is 0 Å². The van der Waals surface area contributed by atoms with Gasteiger partial charge in [-0.15, -0.1) is 8.42 Å². The van der Waals surface area contributed by atoms with Crippen molar-refractivity contribution in [1.82, 2.24) is 30.4 Å². The summed E-state index contributed by atoms with van der Waals surface area (Å²) in [5.74, 6) is 0. The van der Waals surface area contributed by atoms with Crippen molar-refractivity contribution in [2.75, 3.05) is 0 Å². The quantitative estimate of drug-likeness (QED) is 0.658. The van der Waals surface area contributed by atoms with E-state index in [0.29, 0.717) is 0 Å². The number of H-pyrrole nitrogens is 2. The van der Waals surface area contributed by atoms with Gasteiger partial charge in [-0.3, -0.25) is 0 Å². The largest absolute Gasteiger partial charge is 0.506 e. The summed E-state index contributed by atoms with van der Waals surface area (Å²) in [6.07, 6.45) is 2.17. The predicted molar refractivity (Wildman–Crippen MR) is 42.9 cm³/mol. The fourth-order valence-corrected chi connectivity index (χ4v) is 1.26. The summed E-state index contributed by atoms with van der Waals surface area (Å²) in [6, 6.07) is -0.621. The summed E-state index contributed by atoms with van der Waals surface area (Å²) in [5.41, 5.74) is 0. The standard InChI is InChI=1S/C4H4N6O4S/c11-15(12,13-3-5-1-7-9-3)14-4-6-2-8-10-4/h1-2H,(H,5,7,9)(H,6,8,10). The molecule has 0 amide bonds. The molecule has 0 aromatic carbocycles. The molecule has 0 spiro atoms. The average Bonchev–Trinajstić information content (AvgIpc) is 2.75. The Bertz CT molecular complexity index is 461. The highest BCUT2D eigenvalue weighted by atomic mass is 32.3. The van der Waals surface area contributed by atoms with Crippen molar-refractivity contribution in [1.29, 1.82) is 0 Å². The first-order valence-corrected chi connectivity index (χ1v) is 4.84. The van der Waals surface area contributed by atoms with Crippen molar-refractivity contribution in [2.45, 2.75) is 0 Å². The van der Waals surface area contributed by atoms with E-state index in [1.165, 1.54) is 0 Å². The Hall–Kier alpha value is -2.17. The fourth-order valence-electron chi connectivity index (χ4n) is 0.679. The molecule has 0 saturated heterocycles. The molecule has 2 N–H and O–H groups in total. The number of hydrogen-bond acceptors (Lipinski definition) is 8. The van der Waals surface area contributed by atoms with E-state index in [1.54, 1.807) is 0 Å². The second-order valence-electron chi connectivity index (χ2n) is 2.16. The molecule has 2 heterocycles. The number of aromatic amines is 2. The van der Waals surface area contributed by atoms with Crippen molar-refractivity contribution in [2.24, 2.45) is 0 Å². The van der Waals surface area contributed by atoms with Crippen LogP contribution in [0.15, 0.2) is 12.7 Å². The first kappa shape index (κ1) is 9.39. The van der Waals surface area contributed by atoms with Crippen LogP contribution in [0.2, 0.25) is 0 Å². The molecule has 0 unspecified atom stereocenters. The van der Waals surface area contributed by atoms with E-state index in [4.69, 9.17) is 0 Å². The summed E-state index contributed by atoms with van der Waals surface area (Å²) in [6.45, 7) is 0. The van der Waals surface area contributed by atoms with E-state index in [1.807, 2.05) is 0 Å². The second-order valence-corrected chi connectivity index (χ2v) is 3.31. The zero-order chi connectivity index (χ0) is 10.7. The van der Waals surface area contributed by atoms with E-state index in [0.717, 1.165) is 12.7 Å². The van der Waals surface area contributed by atoms with Crippen LogP contribution in [0.1, 0.15) is 0 Å². The summed E-state index contributed by atoms with van der Waals surface area (Å²) in [5, 5.41) is 11.1. The predicted octanol–water partition coefficient (Wildman–Crippen LogP) is -1.37. The Balaban J connectivity index is 2.08. The molecule has 10 nitrogen and oxygen atoms in total. The van der Waals surface area contributed by atoms with Gasteiger partial charge in [0.25, 0.3) is 0 Å². The van der Waals surface area contributed by atoms with Gasteiger partial charge in [-0.05, 0) is 0 Å². The highest BCUT2D eigenvalue weighted by molar-refractivity contribution is 7.82. The highest BCUT2D eigenvalue weighted by Gasteiger charge is 2.18. The van der Waals surface area contributed by atoms with Gasteiger partial charge in [-0.25, -0.2) is 10.2 Å². The van der Waals surface area contributed by atoms with Crippen LogP contribution in [0.3, 0.4) is 0 Å². The molecule has 0 atom stereocenters. The molecular formula is C4H4N6O4S. The lowest BCUT2D eigenvalue weighted by molar-refractivity contribution is 0.370. The van der Waals surface area contributed by atoms with E-state index in [9.17, 15) is 8.42 Å². The minimum absolute atomic E-state index is 0.311. The van der Waals surface area contributed by atoms with Gasteiger partial charge >= 0.3 is 22.4 Å². The lowest BCUT2D eigenvalue weighted by Gasteiger charge is -2.00. The van der Waals surface area contributed by atoms with Gasteiger partial charge in [0.2, 0.25) is 0 Å². The lowest BCUT2D eigenvalue weighted by Crippen LogP contribution is -2.17. The maximum Gasteiger partial charge on any atom is 0.506 e. The molecule has 0 aliphatic heterocycles. The summed E-state index contributed by atoms with van der Waals surface area (Å²) >= 11 is 0. The third-order valence-electron chi connectivity index (χ3n) is 1.15. The topological polar surface area (TPSA) is 136 Å². The van der Waals surface area contributed by atoms with Crippen LogP contribution in [0.5, 0.6) is 12.0 Å². The molecule has 2 rings (SSSR count). The Labute approximate surface area is 83.0 Å². The van der Waals surface area contributed by atoms with Crippen LogP contribution in [0.4, 0.5) is 0 Å². The first-order valence-electron chi connectivity index (χ1n) is 3.50. The number of aromatic nitrogens is 6. The van der Waals surface area contributed by atoms with Crippen LogP contribution >= 0.6 is 0 Å². The van der Waals surface area contributed by atoms with E-state index in [-0.39, 0.29) is 12.0 Å². The molecule has 0 aliphatic rings. The van der Waals surface area contributed by atoms with Gasteiger partial charge in [-0.2, -0.15) is 20.2 Å². The monoisotopic (exact) mass is 232 g/mol. The third-order valence-corrected chi connectivity index (χ3v) is 1.87. The molecular weight excluding hydrogens is 228 g/mol. The maximum atomic E-state index is 11.1. The SMILES string of the molecule is O=S(=O)(Oc1ncn[nH]1)Oc1ncn[nH]1. The van der Waals surface area contributed by atoms with Crippen molar-refractivity contribution < 1.29 is 16.8 Å². The van der Waals surface area contributed by atoms with Crippen molar-refractivity contribution in [3.05, 3.63) is 12.7 Å². The van der Waals surface area contributed by atoms with Gasteiger partial charge in [0, 0.05) is 0 Å². The number of nitrogens with zero attached hydrogens (tertiary/aromatic N) is 4. The maximum absolute atomic E-state index is 11.1. The van der Waals surface area contributed by atoms with Crippen molar-refractivity contribution in [3.8, 4) is 12.0 Å². The molecule has 0 saturated carbocycles. The number of nitrogens with one attached hydrogen (secondary N) is 2. The molecule has 15 heavy (non-hydrogen) atoms. The van der Waals surface area contributed by atoms with E-state index < -0.39 is 10.4 Å². The molecule has 11 heteroatoms. The molecule has 0 bridgehead atoms. The summed E-state index contributed by atoms with van der Waals surface area (Å²) in [7, 11) is -4.29. The molecule has 80 valence electrons. The van der Waals surface area contributed by atoms with Crippen LogP contribution in [-0.4, -0.2) is 38.8 Å². The Morgan fingerprint density at radius 3 is 1.80 bits per heavy atom. The highest BCUT2D eigenvalue weighted by Crippen LogP contribution is 2.06. The summed E-state index contributed by atoms with van der Waals surface area (Å²) < 4.78 is 31.0. The van der Waals surface area contributed by atoms with Crippen molar-refractivity contribution in [3.63, 3.8) is 0 Å². The Kier molecular flexibility index (Phi) is 2.21. The Morgan fingerprint density at radius 2 is 1.47 bits per heavy atom. The van der Waals surface area contributed by atoms with E-state index in [2.05, 4.69) is 38.7 Å². The van der Waals surface area contributed by atoms with Gasteiger partial charge in [0.15, 0.2) is 0 Å². The Morgan fingerprint density at radius 1 is 1.00 bits per heavy atom. The lowest BCUT2D eigenvalue weighted by atomic mass is 11.2. The molecule has 2 aromatic heterocycles. The normalized spacial score (nSPS) is 11.2. The van der Waals surface area contributed by atoms with Crippen molar-refractivity contribution >= 4 is 10.4 Å².